The summed E-state index contributed by atoms with van der Waals surface area (Å²) in [5.74, 6) is 1.40. The molecular formula is C14H21NO. The Kier molecular flexibility index (Phi) is 3.20. The average molecular weight is 219 g/mol. The van der Waals surface area contributed by atoms with Crippen LogP contribution < -0.4 is 5.32 Å². The van der Waals surface area contributed by atoms with Gasteiger partial charge < -0.3 is 10.4 Å². The fraction of sp³-hybridized carbons (Fsp3) is 0.571. The van der Waals surface area contributed by atoms with Crippen LogP contribution in [0.25, 0.3) is 0 Å². The van der Waals surface area contributed by atoms with E-state index < -0.39 is 0 Å². The molecule has 2 rings (SSSR count). The van der Waals surface area contributed by atoms with Crippen LogP contribution in [0, 0.1) is 6.92 Å². The molecule has 1 aliphatic heterocycles. The zero-order valence-electron chi connectivity index (χ0n) is 10.4. The number of phenols is 1. The third kappa shape index (κ3) is 1.94. The molecule has 0 aliphatic carbocycles. The van der Waals surface area contributed by atoms with Crippen molar-refractivity contribution in [3.8, 4) is 5.75 Å². The van der Waals surface area contributed by atoms with E-state index in [0.29, 0.717) is 17.6 Å². The van der Waals surface area contributed by atoms with Gasteiger partial charge in [0, 0.05) is 18.0 Å². The molecule has 0 radical (unpaired) electrons. The first-order valence-electron chi connectivity index (χ1n) is 6.14. The summed E-state index contributed by atoms with van der Waals surface area (Å²) in [6, 6.07) is 4.20. The van der Waals surface area contributed by atoms with Gasteiger partial charge in [0.25, 0.3) is 0 Å². The van der Waals surface area contributed by atoms with Crippen molar-refractivity contribution in [3.05, 3.63) is 28.8 Å². The highest BCUT2D eigenvalue weighted by molar-refractivity contribution is 5.48. The van der Waals surface area contributed by atoms with Crippen LogP contribution in [0.15, 0.2) is 12.1 Å². The third-order valence-electron chi connectivity index (χ3n) is 3.56. The number of aryl methyl sites for hydroxylation is 1. The molecule has 1 aromatic rings. The van der Waals surface area contributed by atoms with Crippen LogP contribution in [0.3, 0.4) is 0 Å². The second-order valence-corrected chi connectivity index (χ2v) is 5.08. The van der Waals surface area contributed by atoms with Crippen LogP contribution in [-0.2, 0) is 0 Å². The normalized spacial score (nSPS) is 20.6. The quantitative estimate of drug-likeness (QED) is 0.801. The van der Waals surface area contributed by atoms with Crippen molar-refractivity contribution in [3.63, 3.8) is 0 Å². The van der Waals surface area contributed by atoms with E-state index >= 15 is 0 Å². The molecule has 1 aliphatic rings. The summed E-state index contributed by atoms with van der Waals surface area (Å²) in [6.45, 7) is 8.41. The predicted octanol–water partition coefficient (Wildman–Crippen LogP) is 2.90. The van der Waals surface area contributed by atoms with Gasteiger partial charge in [-0.3, -0.25) is 0 Å². The number of hydrogen-bond donors (Lipinski definition) is 2. The molecule has 1 fully saturated rings. The van der Waals surface area contributed by atoms with Gasteiger partial charge in [-0.05, 0) is 36.9 Å². The van der Waals surface area contributed by atoms with Gasteiger partial charge in [-0.1, -0.05) is 26.0 Å². The SMILES string of the molecule is Cc1ccc(C(C)C)c(O)c1C1CCNC1. The van der Waals surface area contributed by atoms with Gasteiger partial charge in [0.15, 0.2) is 0 Å². The number of rotatable bonds is 2. The number of hydrogen-bond acceptors (Lipinski definition) is 2. The minimum absolute atomic E-state index is 0.383. The second kappa shape index (κ2) is 4.46. The molecular weight excluding hydrogens is 198 g/mol. The molecule has 0 amide bonds. The molecule has 2 nitrogen and oxygen atoms in total. The summed E-state index contributed by atoms with van der Waals surface area (Å²) in [7, 11) is 0. The third-order valence-corrected chi connectivity index (χ3v) is 3.56. The highest BCUT2D eigenvalue weighted by Crippen LogP contribution is 2.37. The zero-order chi connectivity index (χ0) is 11.7. The lowest BCUT2D eigenvalue weighted by Crippen LogP contribution is -2.09. The topological polar surface area (TPSA) is 32.3 Å². The molecule has 88 valence electrons. The van der Waals surface area contributed by atoms with Crippen LogP contribution in [0.1, 0.15) is 48.8 Å². The van der Waals surface area contributed by atoms with Gasteiger partial charge in [-0.25, -0.2) is 0 Å². The lowest BCUT2D eigenvalue weighted by molar-refractivity contribution is 0.451. The van der Waals surface area contributed by atoms with E-state index in [1.54, 1.807) is 0 Å². The maximum Gasteiger partial charge on any atom is 0.122 e. The van der Waals surface area contributed by atoms with Crippen LogP contribution >= 0.6 is 0 Å². The molecule has 1 atom stereocenters. The lowest BCUT2D eigenvalue weighted by Gasteiger charge is -2.18. The largest absolute Gasteiger partial charge is 0.507 e. The van der Waals surface area contributed by atoms with E-state index in [1.165, 1.54) is 5.56 Å². The summed E-state index contributed by atoms with van der Waals surface area (Å²) in [6.07, 6.45) is 1.13. The Balaban J connectivity index is 2.45. The van der Waals surface area contributed by atoms with E-state index in [1.807, 2.05) is 0 Å². The van der Waals surface area contributed by atoms with Gasteiger partial charge in [0.2, 0.25) is 0 Å². The molecule has 0 bridgehead atoms. The van der Waals surface area contributed by atoms with Gasteiger partial charge in [0.1, 0.15) is 5.75 Å². The van der Waals surface area contributed by atoms with E-state index in [0.717, 1.165) is 30.6 Å². The maximum atomic E-state index is 10.4. The molecule has 1 saturated heterocycles. The molecule has 1 unspecified atom stereocenters. The molecule has 0 spiro atoms. The number of phenolic OH excluding ortho intramolecular Hbond substituents is 1. The van der Waals surface area contributed by atoms with Crippen molar-refractivity contribution in [2.24, 2.45) is 0 Å². The first-order chi connectivity index (χ1) is 7.61. The second-order valence-electron chi connectivity index (χ2n) is 5.08. The summed E-state index contributed by atoms with van der Waals surface area (Å²) in [5, 5.41) is 13.7. The monoisotopic (exact) mass is 219 g/mol. The Labute approximate surface area is 97.7 Å². The lowest BCUT2D eigenvalue weighted by atomic mass is 9.88. The Morgan fingerprint density at radius 2 is 2.12 bits per heavy atom. The molecule has 1 heterocycles. The molecule has 1 aromatic carbocycles. The molecule has 0 saturated carbocycles. The minimum atomic E-state index is 0.383. The Hall–Kier alpha value is -1.02. The molecule has 2 N–H and O–H groups in total. The Morgan fingerprint density at radius 1 is 1.38 bits per heavy atom. The number of aromatic hydroxyl groups is 1. The number of benzene rings is 1. The van der Waals surface area contributed by atoms with Gasteiger partial charge in [-0.2, -0.15) is 0 Å². The predicted molar refractivity (Wildman–Crippen MR) is 67.2 cm³/mol. The zero-order valence-corrected chi connectivity index (χ0v) is 10.4. The van der Waals surface area contributed by atoms with Gasteiger partial charge in [-0.15, -0.1) is 0 Å². The standard InChI is InChI=1S/C14H21NO/c1-9(2)12-5-4-10(3)13(14(12)16)11-6-7-15-8-11/h4-5,9,11,15-16H,6-8H2,1-3H3. The van der Waals surface area contributed by atoms with Crippen LogP contribution in [0.5, 0.6) is 5.75 Å². The fourth-order valence-corrected chi connectivity index (χ4v) is 2.61. The van der Waals surface area contributed by atoms with Crippen LogP contribution in [0.2, 0.25) is 0 Å². The van der Waals surface area contributed by atoms with Gasteiger partial charge in [0.05, 0.1) is 0 Å². The van der Waals surface area contributed by atoms with Crippen LogP contribution in [-0.4, -0.2) is 18.2 Å². The van der Waals surface area contributed by atoms with E-state index in [-0.39, 0.29) is 0 Å². The van der Waals surface area contributed by atoms with Crippen molar-refractivity contribution in [1.82, 2.24) is 5.32 Å². The molecule has 2 heteroatoms. The van der Waals surface area contributed by atoms with E-state index in [9.17, 15) is 5.11 Å². The smallest absolute Gasteiger partial charge is 0.122 e. The average Bonchev–Trinajstić information content (AvgIpc) is 2.70. The summed E-state index contributed by atoms with van der Waals surface area (Å²) >= 11 is 0. The maximum absolute atomic E-state index is 10.4. The van der Waals surface area contributed by atoms with E-state index in [2.05, 4.69) is 38.2 Å². The van der Waals surface area contributed by atoms with Crippen molar-refractivity contribution < 1.29 is 5.11 Å². The molecule has 0 aromatic heterocycles. The first-order valence-corrected chi connectivity index (χ1v) is 6.14. The van der Waals surface area contributed by atoms with Crippen LogP contribution in [0.4, 0.5) is 0 Å². The van der Waals surface area contributed by atoms with Crippen molar-refractivity contribution in [2.45, 2.75) is 39.0 Å². The summed E-state index contributed by atoms with van der Waals surface area (Å²) in [5.41, 5.74) is 3.46. The van der Waals surface area contributed by atoms with Gasteiger partial charge >= 0.3 is 0 Å². The van der Waals surface area contributed by atoms with Crippen molar-refractivity contribution >= 4 is 0 Å². The highest BCUT2D eigenvalue weighted by atomic mass is 16.3. The Bertz CT molecular complexity index is 379. The summed E-state index contributed by atoms with van der Waals surface area (Å²) < 4.78 is 0. The first kappa shape index (κ1) is 11.5. The number of nitrogens with one attached hydrogen (secondary N) is 1. The minimum Gasteiger partial charge on any atom is -0.507 e. The fourth-order valence-electron chi connectivity index (χ4n) is 2.61. The molecule has 16 heavy (non-hydrogen) atoms. The summed E-state index contributed by atoms with van der Waals surface area (Å²) in [4.78, 5) is 0. The highest BCUT2D eigenvalue weighted by Gasteiger charge is 2.23. The van der Waals surface area contributed by atoms with Crippen molar-refractivity contribution in [1.29, 1.82) is 0 Å². The Morgan fingerprint density at radius 3 is 2.69 bits per heavy atom. The van der Waals surface area contributed by atoms with E-state index in [4.69, 9.17) is 0 Å². The van der Waals surface area contributed by atoms with Crippen molar-refractivity contribution in [2.75, 3.05) is 13.1 Å².